The highest BCUT2D eigenvalue weighted by Gasteiger charge is 2.10. The van der Waals surface area contributed by atoms with Crippen LogP contribution in [-0.4, -0.2) is 15.6 Å². The predicted molar refractivity (Wildman–Crippen MR) is 71.5 cm³/mol. The number of nitrogens with zero attached hydrogens (tertiary/aromatic N) is 2. The molecule has 3 nitrogen and oxygen atoms in total. The zero-order valence-corrected chi connectivity index (χ0v) is 10.9. The molecule has 2 rings (SSSR count). The molecule has 0 aliphatic heterocycles. The van der Waals surface area contributed by atoms with E-state index in [2.05, 4.69) is 5.10 Å². The number of benzene rings is 1. The van der Waals surface area contributed by atoms with E-state index in [-0.39, 0.29) is 5.78 Å². The smallest absolute Gasteiger partial charge is 0.143 e. The highest BCUT2D eigenvalue weighted by atomic mass is 16.1. The summed E-state index contributed by atoms with van der Waals surface area (Å²) in [6, 6.07) is 11.8. The Morgan fingerprint density at radius 2 is 1.94 bits per heavy atom. The van der Waals surface area contributed by atoms with Crippen LogP contribution in [0.4, 0.5) is 0 Å². The summed E-state index contributed by atoms with van der Waals surface area (Å²) in [5, 5.41) is 4.35. The summed E-state index contributed by atoms with van der Waals surface area (Å²) in [4.78, 5) is 12.0. The minimum Gasteiger partial charge on any atom is -0.299 e. The van der Waals surface area contributed by atoms with Crippen molar-refractivity contribution < 1.29 is 4.79 Å². The van der Waals surface area contributed by atoms with Crippen molar-refractivity contribution in [2.45, 2.75) is 33.2 Å². The van der Waals surface area contributed by atoms with Gasteiger partial charge in [-0.25, -0.2) is 0 Å². The van der Waals surface area contributed by atoms with Crippen LogP contribution in [-0.2, 0) is 24.2 Å². The van der Waals surface area contributed by atoms with E-state index < -0.39 is 0 Å². The lowest BCUT2D eigenvalue weighted by atomic mass is 10.1. The van der Waals surface area contributed by atoms with Crippen LogP contribution in [0, 0.1) is 6.92 Å². The molecule has 0 aliphatic carbocycles. The zero-order valence-electron chi connectivity index (χ0n) is 10.9. The van der Waals surface area contributed by atoms with Gasteiger partial charge in [0.1, 0.15) is 5.78 Å². The van der Waals surface area contributed by atoms with E-state index in [1.165, 1.54) is 0 Å². The summed E-state index contributed by atoms with van der Waals surface area (Å²) < 4.78 is 1.90. The second kappa shape index (κ2) is 5.63. The van der Waals surface area contributed by atoms with Crippen molar-refractivity contribution in [1.82, 2.24) is 9.78 Å². The fourth-order valence-electron chi connectivity index (χ4n) is 2.10. The Morgan fingerprint density at radius 3 is 2.61 bits per heavy atom. The molecule has 0 N–H and O–H groups in total. The lowest BCUT2D eigenvalue weighted by molar-refractivity contribution is -0.117. The molecule has 0 amide bonds. The average molecular weight is 242 g/mol. The van der Waals surface area contributed by atoms with Crippen LogP contribution < -0.4 is 0 Å². The first-order chi connectivity index (χ1) is 8.69. The summed E-state index contributed by atoms with van der Waals surface area (Å²) in [5.74, 6) is 0.232. The Balaban J connectivity index is 2.03. The molecular formula is C15H18N2O. The van der Waals surface area contributed by atoms with Gasteiger partial charge in [-0.15, -0.1) is 0 Å². The van der Waals surface area contributed by atoms with E-state index in [4.69, 9.17) is 0 Å². The maximum atomic E-state index is 12.0. The molecule has 0 spiro atoms. The summed E-state index contributed by atoms with van der Waals surface area (Å²) in [7, 11) is 0. The number of hydrogen-bond donors (Lipinski definition) is 0. The van der Waals surface area contributed by atoms with Gasteiger partial charge in [0.05, 0.1) is 5.69 Å². The normalized spacial score (nSPS) is 10.6. The molecule has 0 fully saturated rings. The van der Waals surface area contributed by atoms with Gasteiger partial charge >= 0.3 is 0 Å². The van der Waals surface area contributed by atoms with Crippen molar-refractivity contribution in [3.05, 3.63) is 53.3 Å². The number of rotatable bonds is 5. The van der Waals surface area contributed by atoms with Crippen molar-refractivity contribution in [1.29, 1.82) is 0 Å². The standard InChI is InChI=1S/C15H18N2O/c1-3-17-14(9-12(2)16-17)11-15(18)10-13-7-5-4-6-8-13/h4-9H,3,10-11H2,1-2H3. The molecule has 1 aromatic heterocycles. The van der Waals surface area contributed by atoms with Gasteiger partial charge in [-0.1, -0.05) is 30.3 Å². The summed E-state index contributed by atoms with van der Waals surface area (Å²) >= 11 is 0. The lowest BCUT2D eigenvalue weighted by Crippen LogP contribution is -2.11. The molecule has 3 heteroatoms. The largest absolute Gasteiger partial charge is 0.299 e. The first-order valence-corrected chi connectivity index (χ1v) is 6.28. The molecule has 18 heavy (non-hydrogen) atoms. The first-order valence-electron chi connectivity index (χ1n) is 6.28. The van der Waals surface area contributed by atoms with E-state index in [0.717, 1.165) is 23.5 Å². The monoisotopic (exact) mass is 242 g/mol. The van der Waals surface area contributed by atoms with Gasteiger partial charge in [0.2, 0.25) is 0 Å². The number of carbonyl (C=O) groups excluding carboxylic acids is 1. The van der Waals surface area contributed by atoms with E-state index in [9.17, 15) is 4.79 Å². The number of ketones is 1. The van der Waals surface area contributed by atoms with E-state index in [1.54, 1.807) is 0 Å². The molecule has 0 radical (unpaired) electrons. The van der Waals surface area contributed by atoms with Crippen LogP contribution in [0.2, 0.25) is 0 Å². The molecule has 0 saturated carbocycles. The van der Waals surface area contributed by atoms with Crippen molar-refractivity contribution in [3.8, 4) is 0 Å². The number of aromatic nitrogens is 2. The maximum Gasteiger partial charge on any atom is 0.143 e. The molecule has 0 unspecified atom stereocenters. The van der Waals surface area contributed by atoms with Gasteiger partial charge < -0.3 is 0 Å². The zero-order chi connectivity index (χ0) is 13.0. The molecule has 1 heterocycles. The quantitative estimate of drug-likeness (QED) is 0.807. The lowest BCUT2D eigenvalue weighted by Gasteiger charge is -2.04. The molecular weight excluding hydrogens is 224 g/mol. The topological polar surface area (TPSA) is 34.9 Å². The van der Waals surface area contributed by atoms with Gasteiger partial charge in [-0.2, -0.15) is 5.10 Å². The Hall–Kier alpha value is -1.90. The van der Waals surface area contributed by atoms with E-state index in [0.29, 0.717) is 12.8 Å². The van der Waals surface area contributed by atoms with Crippen LogP contribution in [0.1, 0.15) is 23.9 Å². The van der Waals surface area contributed by atoms with Crippen LogP contribution >= 0.6 is 0 Å². The van der Waals surface area contributed by atoms with Crippen LogP contribution in [0.25, 0.3) is 0 Å². The summed E-state index contributed by atoms with van der Waals surface area (Å²) in [5.41, 5.74) is 3.05. The fraction of sp³-hybridized carbons (Fsp3) is 0.333. The highest BCUT2D eigenvalue weighted by Crippen LogP contribution is 2.08. The van der Waals surface area contributed by atoms with Gasteiger partial charge in [0.15, 0.2) is 0 Å². The van der Waals surface area contributed by atoms with Crippen molar-refractivity contribution in [3.63, 3.8) is 0 Å². The van der Waals surface area contributed by atoms with Gasteiger partial charge in [0, 0.05) is 25.1 Å². The minimum absolute atomic E-state index is 0.232. The Labute approximate surface area is 107 Å². The first kappa shape index (κ1) is 12.6. The molecule has 0 atom stereocenters. The third-order valence-electron chi connectivity index (χ3n) is 2.91. The second-order valence-corrected chi connectivity index (χ2v) is 4.47. The van der Waals surface area contributed by atoms with Crippen LogP contribution in [0.3, 0.4) is 0 Å². The Kier molecular flexibility index (Phi) is 3.92. The third-order valence-corrected chi connectivity index (χ3v) is 2.91. The van der Waals surface area contributed by atoms with Crippen molar-refractivity contribution >= 4 is 5.78 Å². The molecule has 0 bridgehead atoms. The molecule has 94 valence electrons. The number of hydrogen-bond acceptors (Lipinski definition) is 2. The number of aryl methyl sites for hydroxylation is 2. The number of carbonyl (C=O) groups is 1. The fourth-order valence-corrected chi connectivity index (χ4v) is 2.10. The molecule has 0 aliphatic rings. The average Bonchev–Trinajstić information content (AvgIpc) is 2.70. The molecule has 2 aromatic rings. The van der Waals surface area contributed by atoms with Crippen molar-refractivity contribution in [2.75, 3.05) is 0 Å². The molecule has 0 saturated heterocycles. The van der Waals surface area contributed by atoms with Gasteiger partial charge in [-0.05, 0) is 25.5 Å². The van der Waals surface area contributed by atoms with Crippen LogP contribution in [0.15, 0.2) is 36.4 Å². The van der Waals surface area contributed by atoms with Gasteiger partial charge in [-0.3, -0.25) is 9.48 Å². The third kappa shape index (κ3) is 3.06. The minimum atomic E-state index is 0.232. The van der Waals surface area contributed by atoms with Crippen molar-refractivity contribution in [2.24, 2.45) is 0 Å². The Morgan fingerprint density at radius 1 is 1.22 bits per heavy atom. The van der Waals surface area contributed by atoms with E-state index >= 15 is 0 Å². The maximum absolute atomic E-state index is 12.0. The van der Waals surface area contributed by atoms with Crippen LogP contribution in [0.5, 0.6) is 0 Å². The summed E-state index contributed by atoms with van der Waals surface area (Å²) in [6.07, 6.45) is 0.957. The summed E-state index contributed by atoms with van der Waals surface area (Å²) in [6.45, 7) is 4.80. The van der Waals surface area contributed by atoms with E-state index in [1.807, 2.05) is 54.9 Å². The SMILES string of the molecule is CCn1nc(C)cc1CC(=O)Cc1ccccc1. The number of Topliss-reactive ketones (excluding diaryl/α,β-unsaturated/α-hetero) is 1. The predicted octanol–water partition coefficient (Wildman–Crippen LogP) is 2.57. The van der Waals surface area contributed by atoms with Gasteiger partial charge in [0.25, 0.3) is 0 Å². The molecule has 1 aromatic carbocycles. The second-order valence-electron chi connectivity index (χ2n) is 4.47. The highest BCUT2D eigenvalue weighted by molar-refractivity contribution is 5.82. The Bertz CT molecular complexity index is 529.